The number of halogens is 2. The van der Waals surface area contributed by atoms with E-state index < -0.39 is 34.4 Å². The Balaban J connectivity index is 1.56. The number of hydrogen-bond acceptors (Lipinski definition) is 7. The minimum atomic E-state index is -2.03. The van der Waals surface area contributed by atoms with Gasteiger partial charge in [0.25, 0.3) is 11.8 Å². The third kappa shape index (κ3) is 3.12. The fourth-order valence-electron chi connectivity index (χ4n) is 5.57. The molecule has 2 aliphatic rings. The number of anilines is 2. The normalized spacial score (nSPS) is 17.8. The molecule has 40 heavy (non-hydrogen) atoms. The second-order valence-electron chi connectivity index (χ2n) is 9.46. The van der Waals surface area contributed by atoms with Crippen LogP contribution in [0.5, 0.6) is 0 Å². The average molecular weight is 557 g/mol. The Bertz CT molecular complexity index is 1950. The van der Waals surface area contributed by atoms with E-state index in [2.05, 4.69) is 10.2 Å². The molecule has 1 spiro atoms. The number of carbonyl (C=O) groups excluding carboxylic acids is 2. The van der Waals surface area contributed by atoms with E-state index in [0.717, 1.165) is 28.4 Å². The molecule has 7 rings (SSSR count). The van der Waals surface area contributed by atoms with Crippen LogP contribution in [0.4, 0.5) is 19.6 Å². The molecule has 0 N–H and O–H groups in total. The molecule has 0 saturated heterocycles. The fourth-order valence-corrected chi connectivity index (χ4v) is 6.40. The Hall–Kier alpha value is -4.77. The molecule has 0 radical (unpaired) electrons. The Morgan fingerprint density at radius 1 is 0.975 bits per heavy atom. The van der Waals surface area contributed by atoms with Gasteiger partial charge in [-0.05, 0) is 36.8 Å². The van der Waals surface area contributed by atoms with Gasteiger partial charge < -0.3 is 9.32 Å². The lowest BCUT2D eigenvalue weighted by atomic mass is 9.84. The van der Waals surface area contributed by atoms with Gasteiger partial charge in [0.05, 0.1) is 23.2 Å². The molecule has 11 heteroatoms. The summed E-state index contributed by atoms with van der Waals surface area (Å²) in [4.78, 5) is 45.5. The number of carbonyl (C=O) groups is 2. The van der Waals surface area contributed by atoms with E-state index in [9.17, 15) is 23.2 Å². The van der Waals surface area contributed by atoms with Gasteiger partial charge >= 0.3 is 0 Å². The van der Waals surface area contributed by atoms with Gasteiger partial charge in [-0.1, -0.05) is 54.7 Å². The molecule has 0 bridgehead atoms. The lowest BCUT2D eigenvalue weighted by Gasteiger charge is -2.32. The van der Waals surface area contributed by atoms with Crippen molar-refractivity contribution < 1.29 is 22.8 Å². The van der Waals surface area contributed by atoms with Crippen molar-refractivity contribution in [2.45, 2.75) is 25.4 Å². The number of benzene rings is 3. The van der Waals surface area contributed by atoms with Crippen LogP contribution < -0.4 is 15.2 Å². The van der Waals surface area contributed by atoms with Crippen molar-refractivity contribution in [1.29, 1.82) is 0 Å². The van der Waals surface area contributed by atoms with Crippen molar-refractivity contribution in [2.75, 3.05) is 9.80 Å². The quantitative estimate of drug-likeness (QED) is 0.311. The first-order chi connectivity index (χ1) is 19.4. The van der Waals surface area contributed by atoms with Gasteiger partial charge in [0.1, 0.15) is 22.2 Å². The van der Waals surface area contributed by atoms with E-state index in [4.69, 9.17) is 4.42 Å². The van der Waals surface area contributed by atoms with Crippen LogP contribution in [-0.4, -0.2) is 22.0 Å². The predicted molar refractivity (Wildman–Crippen MR) is 143 cm³/mol. The van der Waals surface area contributed by atoms with Crippen molar-refractivity contribution in [3.63, 3.8) is 0 Å². The minimum Gasteiger partial charge on any atom is -0.450 e. The molecule has 5 aromatic rings. The Morgan fingerprint density at radius 2 is 1.75 bits per heavy atom. The molecule has 1 unspecified atom stereocenters. The Labute approximate surface area is 229 Å². The minimum absolute atomic E-state index is 0.00366. The van der Waals surface area contributed by atoms with E-state index in [-0.39, 0.29) is 39.5 Å². The summed E-state index contributed by atoms with van der Waals surface area (Å²) in [5.74, 6) is -2.95. The number of para-hydroxylation sites is 1. The summed E-state index contributed by atoms with van der Waals surface area (Å²) in [5.41, 5.74) is -2.03. The van der Waals surface area contributed by atoms with Gasteiger partial charge in [-0.25, -0.2) is 8.78 Å². The molecule has 0 fully saturated rings. The second kappa shape index (κ2) is 8.62. The molecular weight excluding hydrogens is 538 g/mol. The first kappa shape index (κ1) is 24.3. The van der Waals surface area contributed by atoms with E-state index in [1.807, 2.05) is 6.92 Å². The third-order valence-corrected chi connectivity index (χ3v) is 8.38. The fraction of sp³-hybridized carbons (Fsp3) is 0.138. The van der Waals surface area contributed by atoms with Crippen LogP contribution in [0, 0.1) is 11.6 Å². The van der Waals surface area contributed by atoms with Crippen LogP contribution in [0.1, 0.15) is 39.2 Å². The number of aromatic nitrogens is 2. The highest BCUT2D eigenvalue weighted by molar-refractivity contribution is 7.15. The lowest BCUT2D eigenvalue weighted by molar-refractivity contribution is -0.121. The Kier molecular flexibility index (Phi) is 5.23. The van der Waals surface area contributed by atoms with Crippen molar-refractivity contribution in [2.24, 2.45) is 0 Å². The van der Waals surface area contributed by atoms with Crippen LogP contribution in [-0.2, 0) is 23.3 Å². The van der Waals surface area contributed by atoms with Gasteiger partial charge in [0, 0.05) is 11.1 Å². The van der Waals surface area contributed by atoms with Crippen LogP contribution in [0.25, 0.3) is 11.0 Å². The van der Waals surface area contributed by atoms with Crippen LogP contribution >= 0.6 is 11.3 Å². The van der Waals surface area contributed by atoms with Crippen molar-refractivity contribution in [3.05, 3.63) is 116 Å². The van der Waals surface area contributed by atoms with Gasteiger partial charge in [0.2, 0.25) is 10.9 Å². The van der Waals surface area contributed by atoms with Crippen LogP contribution in [0.3, 0.4) is 0 Å². The SMILES string of the molecule is CCc1nnc(N2C(=O)c3oc4ccc(F)cc4c(=O)c3C23C(=O)N(Cc2ccccc2F)c2ccccc23)s1. The van der Waals surface area contributed by atoms with Crippen molar-refractivity contribution in [1.82, 2.24) is 10.2 Å². The summed E-state index contributed by atoms with van der Waals surface area (Å²) in [6, 6.07) is 16.2. The molecule has 0 aliphatic carbocycles. The average Bonchev–Trinajstić information content (AvgIpc) is 3.60. The highest BCUT2D eigenvalue weighted by atomic mass is 32.1. The van der Waals surface area contributed by atoms with Crippen molar-refractivity contribution in [3.8, 4) is 0 Å². The lowest BCUT2D eigenvalue weighted by Crippen LogP contribution is -2.53. The third-order valence-electron chi connectivity index (χ3n) is 7.32. The van der Waals surface area contributed by atoms with Crippen LogP contribution in [0.2, 0.25) is 0 Å². The van der Waals surface area contributed by atoms with Gasteiger partial charge in [-0.3, -0.25) is 19.3 Å². The second-order valence-corrected chi connectivity index (χ2v) is 10.5. The number of nitrogens with zero attached hydrogens (tertiary/aromatic N) is 4. The van der Waals surface area contributed by atoms with Gasteiger partial charge in [-0.2, -0.15) is 0 Å². The van der Waals surface area contributed by atoms with E-state index in [1.165, 1.54) is 17.0 Å². The zero-order valence-corrected chi connectivity index (χ0v) is 21.7. The maximum atomic E-state index is 14.8. The summed E-state index contributed by atoms with van der Waals surface area (Å²) >= 11 is 1.11. The molecule has 2 aromatic heterocycles. The Morgan fingerprint density at radius 3 is 2.52 bits per heavy atom. The van der Waals surface area contributed by atoms with E-state index in [0.29, 0.717) is 22.7 Å². The monoisotopic (exact) mass is 556 g/mol. The molecule has 8 nitrogen and oxygen atoms in total. The molecule has 2 aliphatic heterocycles. The summed E-state index contributed by atoms with van der Waals surface area (Å²) in [6.45, 7) is 1.71. The largest absolute Gasteiger partial charge is 0.450 e. The maximum absolute atomic E-state index is 14.8. The van der Waals surface area contributed by atoms with E-state index in [1.54, 1.807) is 42.5 Å². The summed E-state index contributed by atoms with van der Waals surface area (Å²) in [6.07, 6.45) is 0.532. The summed E-state index contributed by atoms with van der Waals surface area (Å²) in [7, 11) is 0. The predicted octanol–water partition coefficient (Wildman–Crippen LogP) is 4.94. The topological polar surface area (TPSA) is 96.6 Å². The van der Waals surface area contributed by atoms with Crippen molar-refractivity contribution >= 4 is 44.9 Å². The van der Waals surface area contributed by atoms with Crippen LogP contribution in [0.15, 0.2) is 75.9 Å². The highest BCUT2D eigenvalue weighted by Gasteiger charge is 2.66. The number of rotatable bonds is 4. The number of hydrogen-bond donors (Lipinski definition) is 0. The summed E-state index contributed by atoms with van der Waals surface area (Å²) in [5, 5.41) is 8.94. The smallest absolute Gasteiger partial charge is 0.297 e. The summed E-state index contributed by atoms with van der Waals surface area (Å²) < 4.78 is 35.0. The standard InChI is InChI=1S/C29H18F2N4O4S/c1-2-22-32-33-28(40-22)35-26(37)25-23(24(36)17-13-16(30)11-12-21(17)39-25)29(35)18-8-4-6-10-20(18)34(27(29)38)14-15-7-3-5-9-19(15)31/h3-13H,2,14H2,1H3. The highest BCUT2D eigenvalue weighted by Crippen LogP contribution is 2.54. The molecular formula is C29H18F2N4O4S. The molecule has 198 valence electrons. The van der Waals surface area contributed by atoms with Gasteiger partial charge in [-0.15, -0.1) is 10.2 Å². The number of amides is 2. The zero-order valence-electron chi connectivity index (χ0n) is 20.9. The molecule has 0 saturated carbocycles. The molecule has 1 atom stereocenters. The zero-order chi connectivity index (χ0) is 27.8. The molecule has 3 aromatic carbocycles. The number of fused-ring (bicyclic) bond motifs is 5. The number of aryl methyl sites for hydroxylation is 1. The first-order valence-corrected chi connectivity index (χ1v) is 13.3. The first-order valence-electron chi connectivity index (χ1n) is 12.4. The van der Waals surface area contributed by atoms with Gasteiger partial charge in [0.15, 0.2) is 11.0 Å². The van der Waals surface area contributed by atoms with E-state index >= 15 is 0 Å². The molecule has 4 heterocycles. The molecule has 2 amide bonds. The maximum Gasteiger partial charge on any atom is 0.297 e.